The standard InChI is InChI=1S/C17H33N3O2/c1-3-18-16(19-14-17(21)9-5-4-6-10-17)20(2)11-12-22-13-15-7-8-15/h15,21H,3-14H2,1-2H3,(H,18,19). The van der Waals surface area contributed by atoms with Gasteiger partial charge in [-0.2, -0.15) is 0 Å². The number of hydrogen-bond acceptors (Lipinski definition) is 3. The first kappa shape index (κ1) is 17.5. The van der Waals surface area contributed by atoms with Crippen molar-refractivity contribution < 1.29 is 9.84 Å². The smallest absolute Gasteiger partial charge is 0.193 e. The highest BCUT2D eigenvalue weighted by molar-refractivity contribution is 5.79. The molecule has 0 bridgehead atoms. The highest BCUT2D eigenvalue weighted by Gasteiger charge is 2.29. The number of guanidine groups is 1. The van der Waals surface area contributed by atoms with Gasteiger partial charge in [0.25, 0.3) is 0 Å². The number of aliphatic imine (C=N–C) groups is 1. The summed E-state index contributed by atoms with van der Waals surface area (Å²) in [5, 5.41) is 13.9. The fourth-order valence-electron chi connectivity index (χ4n) is 2.90. The van der Waals surface area contributed by atoms with Crippen LogP contribution in [-0.2, 0) is 4.74 Å². The second-order valence-electron chi connectivity index (χ2n) is 6.90. The average molecular weight is 311 g/mol. The molecule has 0 aromatic carbocycles. The van der Waals surface area contributed by atoms with Crippen LogP contribution in [-0.4, -0.2) is 61.5 Å². The molecule has 0 spiro atoms. The molecule has 0 aromatic rings. The van der Waals surface area contributed by atoms with Gasteiger partial charge >= 0.3 is 0 Å². The minimum atomic E-state index is -0.595. The Morgan fingerprint density at radius 2 is 2.05 bits per heavy atom. The molecule has 5 heteroatoms. The van der Waals surface area contributed by atoms with Crippen molar-refractivity contribution in [2.45, 2.75) is 57.5 Å². The van der Waals surface area contributed by atoms with E-state index in [4.69, 9.17) is 4.74 Å². The normalized spacial score (nSPS) is 21.7. The largest absolute Gasteiger partial charge is 0.388 e. The summed E-state index contributed by atoms with van der Waals surface area (Å²) in [6.07, 6.45) is 7.90. The highest BCUT2D eigenvalue weighted by Crippen LogP contribution is 2.29. The number of aliphatic hydroxyl groups is 1. The third-order valence-corrected chi connectivity index (χ3v) is 4.63. The molecule has 0 heterocycles. The lowest BCUT2D eigenvalue weighted by atomic mass is 9.85. The summed E-state index contributed by atoms with van der Waals surface area (Å²) in [5.74, 6) is 1.68. The maximum Gasteiger partial charge on any atom is 0.193 e. The average Bonchev–Trinajstić information content (AvgIpc) is 3.33. The van der Waals surface area contributed by atoms with Gasteiger partial charge in [0.15, 0.2) is 5.96 Å². The van der Waals surface area contributed by atoms with Crippen molar-refractivity contribution in [3.63, 3.8) is 0 Å². The summed E-state index contributed by atoms with van der Waals surface area (Å²) in [6, 6.07) is 0. The van der Waals surface area contributed by atoms with Crippen LogP contribution >= 0.6 is 0 Å². The van der Waals surface area contributed by atoms with Crippen LogP contribution in [0.15, 0.2) is 4.99 Å². The van der Waals surface area contributed by atoms with Gasteiger partial charge < -0.3 is 20.1 Å². The van der Waals surface area contributed by atoms with E-state index in [9.17, 15) is 5.11 Å². The second-order valence-corrected chi connectivity index (χ2v) is 6.90. The molecular formula is C17H33N3O2. The molecule has 2 aliphatic carbocycles. The first-order chi connectivity index (χ1) is 10.6. The summed E-state index contributed by atoms with van der Waals surface area (Å²) in [4.78, 5) is 6.76. The van der Waals surface area contributed by atoms with Crippen molar-refractivity contribution in [1.82, 2.24) is 10.2 Å². The molecule has 2 rings (SSSR count). The van der Waals surface area contributed by atoms with Crippen molar-refractivity contribution >= 4 is 5.96 Å². The molecule has 2 aliphatic rings. The molecule has 0 aliphatic heterocycles. The monoisotopic (exact) mass is 311 g/mol. The van der Waals surface area contributed by atoms with Crippen LogP contribution in [0.25, 0.3) is 0 Å². The molecule has 0 unspecified atom stereocenters. The van der Waals surface area contributed by atoms with E-state index < -0.39 is 5.60 Å². The number of rotatable bonds is 8. The molecular weight excluding hydrogens is 278 g/mol. The predicted octanol–water partition coefficient (Wildman–Crippen LogP) is 2.01. The van der Waals surface area contributed by atoms with E-state index >= 15 is 0 Å². The topological polar surface area (TPSA) is 57.1 Å². The predicted molar refractivity (Wildman–Crippen MR) is 90.2 cm³/mol. The first-order valence-electron chi connectivity index (χ1n) is 8.92. The van der Waals surface area contributed by atoms with E-state index in [0.29, 0.717) is 6.54 Å². The summed E-state index contributed by atoms with van der Waals surface area (Å²) in [7, 11) is 2.03. The minimum absolute atomic E-state index is 0.503. The van der Waals surface area contributed by atoms with Crippen LogP contribution in [0.1, 0.15) is 51.9 Å². The number of nitrogens with zero attached hydrogens (tertiary/aromatic N) is 2. The van der Waals surface area contributed by atoms with Gasteiger partial charge in [-0.25, -0.2) is 0 Å². The Balaban J connectivity index is 1.76. The summed E-state index contributed by atoms with van der Waals surface area (Å²) >= 11 is 0. The fraction of sp³-hybridized carbons (Fsp3) is 0.941. The van der Waals surface area contributed by atoms with Crippen molar-refractivity contribution in [3.8, 4) is 0 Å². The lowest BCUT2D eigenvalue weighted by molar-refractivity contribution is 0.0129. The van der Waals surface area contributed by atoms with E-state index in [1.54, 1.807) is 0 Å². The van der Waals surface area contributed by atoms with Gasteiger partial charge in [-0.15, -0.1) is 0 Å². The molecule has 0 saturated heterocycles. The molecule has 0 aromatic heterocycles. The quantitative estimate of drug-likeness (QED) is 0.409. The zero-order chi connectivity index (χ0) is 15.8. The molecule has 5 nitrogen and oxygen atoms in total. The molecule has 22 heavy (non-hydrogen) atoms. The van der Waals surface area contributed by atoms with Crippen LogP contribution < -0.4 is 5.32 Å². The van der Waals surface area contributed by atoms with Gasteiger partial charge in [0.05, 0.1) is 18.8 Å². The van der Waals surface area contributed by atoms with Gasteiger partial charge in [0, 0.05) is 26.7 Å². The maximum atomic E-state index is 10.6. The van der Waals surface area contributed by atoms with Crippen molar-refractivity contribution in [2.24, 2.45) is 10.9 Å². The Labute approximate surface area is 135 Å². The third-order valence-electron chi connectivity index (χ3n) is 4.63. The van der Waals surface area contributed by atoms with E-state index in [1.807, 2.05) is 7.05 Å². The van der Waals surface area contributed by atoms with Gasteiger partial charge in [-0.1, -0.05) is 19.3 Å². The number of likely N-dealkylation sites (N-methyl/N-ethyl adjacent to an activating group) is 1. The second kappa shape index (κ2) is 8.73. The minimum Gasteiger partial charge on any atom is -0.388 e. The van der Waals surface area contributed by atoms with Crippen LogP contribution in [0, 0.1) is 5.92 Å². The third kappa shape index (κ3) is 6.13. The molecule has 0 atom stereocenters. The SMILES string of the molecule is CCNC(=NCC1(O)CCCCC1)N(C)CCOCC1CC1. The summed E-state index contributed by atoms with van der Waals surface area (Å²) < 4.78 is 5.70. The Hall–Kier alpha value is -0.810. The Morgan fingerprint density at radius 1 is 1.32 bits per heavy atom. The van der Waals surface area contributed by atoms with Gasteiger partial charge in [0.2, 0.25) is 0 Å². The molecule has 2 N–H and O–H groups in total. The lowest BCUT2D eigenvalue weighted by Crippen LogP contribution is -2.42. The Morgan fingerprint density at radius 3 is 2.68 bits per heavy atom. The molecule has 0 amide bonds. The lowest BCUT2D eigenvalue weighted by Gasteiger charge is -2.31. The number of nitrogens with one attached hydrogen (secondary N) is 1. The first-order valence-corrected chi connectivity index (χ1v) is 8.92. The number of hydrogen-bond donors (Lipinski definition) is 2. The molecule has 2 fully saturated rings. The highest BCUT2D eigenvalue weighted by atomic mass is 16.5. The molecule has 2 saturated carbocycles. The van der Waals surface area contributed by atoms with Crippen molar-refractivity contribution in [1.29, 1.82) is 0 Å². The van der Waals surface area contributed by atoms with E-state index in [-0.39, 0.29) is 0 Å². The van der Waals surface area contributed by atoms with Gasteiger partial charge in [0.1, 0.15) is 0 Å². The molecule has 0 radical (unpaired) electrons. The van der Waals surface area contributed by atoms with Crippen molar-refractivity contribution in [2.75, 3.05) is 39.9 Å². The van der Waals surface area contributed by atoms with Crippen LogP contribution in [0.2, 0.25) is 0 Å². The van der Waals surface area contributed by atoms with Crippen LogP contribution in [0.4, 0.5) is 0 Å². The van der Waals surface area contributed by atoms with Crippen LogP contribution in [0.3, 0.4) is 0 Å². The van der Waals surface area contributed by atoms with Crippen molar-refractivity contribution in [3.05, 3.63) is 0 Å². The van der Waals surface area contributed by atoms with E-state index in [0.717, 1.165) is 63.9 Å². The maximum absolute atomic E-state index is 10.6. The summed E-state index contributed by atoms with van der Waals surface area (Å²) in [5.41, 5.74) is -0.595. The van der Waals surface area contributed by atoms with E-state index in [1.165, 1.54) is 19.3 Å². The van der Waals surface area contributed by atoms with Crippen LogP contribution in [0.5, 0.6) is 0 Å². The number of ether oxygens (including phenoxy) is 1. The Bertz CT molecular complexity index is 350. The summed E-state index contributed by atoms with van der Waals surface area (Å²) in [6.45, 7) is 5.88. The fourth-order valence-corrected chi connectivity index (χ4v) is 2.90. The zero-order valence-electron chi connectivity index (χ0n) is 14.3. The Kier molecular flexibility index (Phi) is 6.96. The van der Waals surface area contributed by atoms with E-state index in [2.05, 4.69) is 22.1 Å². The zero-order valence-corrected chi connectivity index (χ0v) is 14.3. The van der Waals surface area contributed by atoms with Gasteiger partial charge in [-0.05, 0) is 38.5 Å². The van der Waals surface area contributed by atoms with Gasteiger partial charge in [-0.3, -0.25) is 4.99 Å². The molecule has 128 valence electrons.